The van der Waals surface area contributed by atoms with Gasteiger partial charge in [-0.15, -0.1) is 0 Å². The second kappa shape index (κ2) is 8.97. The number of ether oxygens (including phenoxy) is 3. The summed E-state index contributed by atoms with van der Waals surface area (Å²) in [7, 11) is 2.76. The molecule has 1 amide bonds. The number of benzene rings is 1. The molecule has 0 spiro atoms. The van der Waals surface area contributed by atoms with Gasteiger partial charge in [-0.05, 0) is 48.7 Å². The summed E-state index contributed by atoms with van der Waals surface area (Å²) in [4.78, 5) is 23.5. The number of amides is 1. The first-order valence-corrected chi connectivity index (χ1v) is 8.94. The summed E-state index contributed by atoms with van der Waals surface area (Å²) < 4.78 is 21.0. The molecule has 1 aromatic carbocycles. The standard InChI is InChI=1S/C21H20N2O6/c1-26-19-10-13(9-14(11-22)20(24)23-15-4-5-15)3-7-17(19)28-12-16-6-8-18(29-16)21(25)27-2/h3,6-10,15H,4-5,12H2,1-2H3,(H,23,24)/b14-9+. The van der Waals surface area contributed by atoms with Crippen LogP contribution in [0.4, 0.5) is 0 Å². The fraction of sp³-hybridized carbons (Fsp3) is 0.286. The molecular weight excluding hydrogens is 376 g/mol. The van der Waals surface area contributed by atoms with Gasteiger partial charge in [-0.25, -0.2) is 4.79 Å². The van der Waals surface area contributed by atoms with Crippen LogP contribution in [-0.2, 0) is 16.1 Å². The lowest BCUT2D eigenvalue weighted by molar-refractivity contribution is -0.117. The van der Waals surface area contributed by atoms with Gasteiger partial charge in [0, 0.05) is 6.04 Å². The normalized spacial score (nSPS) is 13.3. The minimum atomic E-state index is -0.566. The lowest BCUT2D eigenvalue weighted by atomic mass is 10.1. The van der Waals surface area contributed by atoms with Gasteiger partial charge < -0.3 is 23.9 Å². The molecule has 0 bridgehead atoms. The maximum absolute atomic E-state index is 12.1. The van der Waals surface area contributed by atoms with Gasteiger partial charge in [0.2, 0.25) is 5.76 Å². The summed E-state index contributed by atoms with van der Waals surface area (Å²) in [6.45, 7) is 0.0791. The highest BCUT2D eigenvalue weighted by molar-refractivity contribution is 6.02. The van der Waals surface area contributed by atoms with E-state index in [0.29, 0.717) is 22.8 Å². The van der Waals surface area contributed by atoms with Gasteiger partial charge in [-0.3, -0.25) is 4.79 Å². The predicted molar refractivity (Wildman–Crippen MR) is 102 cm³/mol. The number of carbonyl (C=O) groups is 2. The van der Waals surface area contributed by atoms with Crippen LogP contribution in [0, 0.1) is 11.3 Å². The Balaban J connectivity index is 1.70. The van der Waals surface area contributed by atoms with Gasteiger partial charge >= 0.3 is 5.97 Å². The van der Waals surface area contributed by atoms with Crippen molar-refractivity contribution in [3.8, 4) is 17.6 Å². The molecule has 29 heavy (non-hydrogen) atoms. The maximum atomic E-state index is 12.1. The molecule has 8 heteroatoms. The van der Waals surface area contributed by atoms with Crippen molar-refractivity contribution in [2.45, 2.75) is 25.5 Å². The molecular formula is C21H20N2O6. The quantitative estimate of drug-likeness (QED) is 0.415. The fourth-order valence-corrected chi connectivity index (χ4v) is 2.51. The van der Waals surface area contributed by atoms with E-state index in [0.717, 1.165) is 12.8 Å². The van der Waals surface area contributed by atoms with E-state index in [9.17, 15) is 14.9 Å². The molecule has 2 aromatic rings. The van der Waals surface area contributed by atoms with Gasteiger partial charge in [0.1, 0.15) is 24.0 Å². The van der Waals surface area contributed by atoms with Crippen molar-refractivity contribution in [1.29, 1.82) is 5.26 Å². The first-order chi connectivity index (χ1) is 14.0. The predicted octanol–water partition coefficient (Wildman–Crippen LogP) is 2.84. The summed E-state index contributed by atoms with van der Waals surface area (Å²) in [6, 6.07) is 10.3. The maximum Gasteiger partial charge on any atom is 0.373 e. The van der Waals surface area contributed by atoms with Crippen molar-refractivity contribution < 1.29 is 28.2 Å². The Labute approximate surface area is 167 Å². The first-order valence-electron chi connectivity index (χ1n) is 8.94. The number of nitrogens with zero attached hydrogens (tertiary/aromatic N) is 1. The minimum absolute atomic E-state index is 0.0264. The Bertz CT molecular complexity index is 981. The van der Waals surface area contributed by atoms with Crippen molar-refractivity contribution in [1.82, 2.24) is 5.32 Å². The second-order valence-electron chi connectivity index (χ2n) is 6.37. The lowest BCUT2D eigenvalue weighted by Gasteiger charge is -2.10. The molecule has 0 radical (unpaired) electrons. The van der Waals surface area contributed by atoms with Crippen molar-refractivity contribution in [3.63, 3.8) is 0 Å². The van der Waals surface area contributed by atoms with Crippen LogP contribution in [0.5, 0.6) is 11.5 Å². The molecule has 8 nitrogen and oxygen atoms in total. The van der Waals surface area contributed by atoms with E-state index >= 15 is 0 Å². The molecule has 0 saturated heterocycles. The van der Waals surface area contributed by atoms with Crippen molar-refractivity contribution in [3.05, 3.63) is 53.0 Å². The van der Waals surface area contributed by atoms with Crippen LogP contribution < -0.4 is 14.8 Å². The van der Waals surface area contributed by atoms with E-state index in [4.69, 9.17) is 13.9 Å². The number of furan rings is 1. The molecule has 3 rings (SSSR count). The number of carbonyl (C=O) groups excluding carboxylic acids is 2. The SMILES string of the molecule is COC(=O)c1ccc(COc2ccc(/C=C(\C#N)C(=O)NC3CC3)cc2OC)o1. The zero-order chi connectivity index (χ0) is 20.8. The zero-order valence-electron chi connectivity index (χ0n) is 16.1. The molecule has 1 aliphatic carbocycles. The number of nitriles is 1. The Hall–Kier alpha value is -3.73. The molecule has 1 heterocycles. The highest BCUT2D eigenvalue weighted by Gasteiger charge is 2.24. The van der Waals surface area contributed by atoms with Gasteiger partial charge in [0.15, 0.2) is 11.5 Å². The largest absolute Gasteiger partial charge is 0.493 e. The van der Waals surface area contributed by atoms with Crippen LogP contribution in [0.15, 0.2) is 40.3 Å². The summed E-state index contributed by atoms with van der Waals surface area (Å²) in [5.74, 6) is 0.463. The van der Waals surface area contributed by atoms with E-state index < -0.39 is 5.97 Å². The molecule has 1 N–H and O–H groups in total. The van der Waals surface area contributed by atoms with Gasteiger partial charge in [0.05, 0.1) is 14.2 Å². The second-order valence-corrected chi connectivity index (χ2v) is 6.37. The molecule has 1 aliphatic rings. The number of hydrogen-bond donors (Lipinski definition) is 1. The Morgan fingerprint density at radius 3 is 2.69 bits per heavy atom. The summed E-state index contributed by atoms with van der Waals surface area (Å²) >= 11 is 0. The number of nitrogens with one attached hydrogen (secondary N) is 1. The van der Waals surface area contributed by atoms with Gasteiger partial charge in [-0.1, -0.05) is 6.07 Å². The highest BCUT2D eigenvalue weighted by Crippen LogP contribution is 2.30. The zero-order valence-corrected chi connectivity index (χ0v) is 16.1. The highest BCUT2D eigenvalue weighted by atomic mass is 16.5. The van der Waals surface area contributed by atoms with Crippen LogP contribution in [0.25, 0.3) is 6.08 Å². The van der Waals surface area contributed by atoms with Gasteiger partial charge in [-0.2, -0.15) is 5.26 Å². The van der Waals surface area contributed by atoms with E-state index in [1.807, 2.05) is 6.07 Å². The monoisotopic (exact) mass is 396 g/mol. The summed E-state index contributed by atoms with van der Waals surface area (Å²) in [5, 5.41) is 12.1. The number of hydrogen-bond acceptors (Lipinski definition) is 7. The van der Waals surface area contributed by atoms with E-state index in [1.54, 1.807) is 24.3 Å². The fourth-order valence-electron chi connectivity index (χ4n) is 2.51. The van der Waals surface area contributed by atoms with Gasteiger partial charge in [0.25, 0.3) is 5.91 Å². The van der Waals surface area contributed by atoms with Crippen LogP contribution in [-0.4, -0.2) is 32.1 Å². The van der Waals surface area contributed by atoms with E-state index in [-0.39, 0.29) is 29.9 Å². The van der Waals surface area contributed by atoms with Crippen LogP contribution in [0.3, 0.4) is 0 Å². The van der Waals surface area contributed by atoms with E-state index in [2.05, 4.69) is 10.1 Å². The third kappa shape index (κ3) is 5.17. The van der Waals surface area contributed by atoms with Crippen molar-refractivity contribution in [2.24, 2.45) is 0 Å². The van der Waals surface area contributed by atoms with E-state index in [1.165, 1.54) is 26.4 Å². The van der Waals surface area contributed by atoms with Crippen molar-refractivity contribution >= 4 is 18.0 Å². The van der Waals surface area contributed by atoms with Crippen molar-refractivity contribution in [2.75, 3.05) is 14.2 Å². The minimum Gasteiger partial charge on any atom is -0.493 e. The smallest absolute Gasteiger partial charge is 0.373 e. The van der Waals surface area contributed by atoms with Crippen LogP contribution >= 0.6 is 0 Å². The summed E-state index contributed by atoms with van der Waals surface area (Å²) in [6.07, 6.45) is 3.39. The third-order valence-electron chi connectivity index (χ3n) is 4.19. The lowest BCUT2D eigenvalue weighted by Crippen LogP contribution is -2.26. The summed E-state index contributed by atoms with van der Waals surface area (Å²) in [5.41, 5.74) is 0.654. The molecule has 150 valence electrons. The topological polar surface area (TPSA) is 111 Å². The Morgan fingerprint density at radius 1 is 1.24 bits per heavy atom. The molecule has 1 saturated carbocycles. The number of rotatable bonds is 8. The average Bonchev–Trinajstić information content (AvgIpc) is 3.43. The van der Waals surface area contributed by atoms with Crippen LogP contribution in [0.1, 0.15) is 34.7 Å². The average molecular weight is 396 g/mol. The number of methoxy groups -OCH3 is 2. The molecule has 0 aliphatic heterocycles. The molecule has 1 aromatic heterocycles. The third-order valence-corrected chi connectivity index (χ3v) is 4.19. The Morgan fingerprint density at radius 2 is 2.03 bits per heavy atom. The Kier molecular flexibility index (Phi) is 6.19. The molecule has 0 unspecified atom stereocenters. The van der Waals surface area contributed by atoms with Crippen LogP contribution in [0.2, 0.25) is 0 Å². The first kappa shape index (κ1) is 20.0. The molecule has 0 atom stereocenters. The molecule has 1 fully saturated rings. The number of esters is 1.